The van der Waals surface area contributed by atoms with Crippen molar-refractivity contribution in [2.24, 2.45) is 5.92 Å². The molecular weight excluding hydrogens is 485 g/mol. The lowest BCUT2D eigenvalue weighted by Gasteiger charge is -2.38. The zero-order chi connectivity index (χ0) is 25.3. The third kappa shape index (κ3) is 5.92. The van der Waals surface area contributed by atoms with Crippen LogP contribution in [0.3, 0.4) is 0 Å². The zero-order valence-electron chi connectivity index (χ0n) is 19.3. The summed E-state index contributed by atoms with van der Waals surface area (Å²) in [5.74, 6) is 0.570. The lowest BCUT2D eigenvalue weighted by molar-refractivity contribution is -0.383. The molecule has 12 heteroatoms. The quantitative estimate of drug-likeness (QED) is 0.481. The van der Waals surface area contributed by atoms with E-state index in [1.54, 1.807) is 0 Å². The Morgan fingerprint density at radius 2 is 1.80 bits per heavy atom. The van der Waals surface area contributed by atoms with Crippen molar-refractivity contribution in [1.29, 1.82) is 0 Å². The van der Waals surface area contributed by atoms with Gasteiger partial charge >= 0.3 is 6.18 Å². The minimum atomic E-state index is -4.78. The van der Waals surface area contributed by atoms with Crippen molar-refractivity contribution >= 4 is 38.0 Å². The van der Waals surface area contributed by atoms with E-state index in [1.807, 2.05) is 4.90 Å². The first-order chi connectivity index (χ1) is 16.5. The second-order valence-corrected chi connectivity index (χ2v) is 10.3. The Labute approximate surface area is 203 Å². The van der Waals surface area contributed by atoms with Crippen LogP contribution in [0, 0.1) is 16.0 Å². The number of non-ortho nitro benzene ring substituents is 1. The molecule has 2 aromatic rings. The van der Waals surface area contributed by atoms with E-state index in [1.165, 1.54) is 13.0 Å². The number of nitro benzene ring substituents is 1. The van der Waals surface area contributed by atoms with Crippen molar-refractivity contribution in [3.8, 4) is 0 Å². The summed E-state index contributed by atoms with van der Waals surface area (Å²) in [4.78, 5) is 38.9. The second kappa shape index (κ2) is 10.1. The minimum absolute atomic E-state index is 0.00619. The fourth-order valence-corrected chi connectivity index (χ4v) is 6.17. The molecule has 0 unspecified atom stereocenters. The molecule has 1 saturated heterocycles. The number of hydrogen-bond acceptors (Lipinski definition) is 7. The number of nitrogens with zero attached hydrogens (tertiary/aromatic N) is 3. The van der Waals surface area contributed by atoms with Crippen LogP contribution < -0.4 is 15.6 Å². The average Bonchev–Trinajstić information content (AvgIpc) is 2.79. The molecule has 35 heavy (non-hydrogen) atoms. The van der Waals surface area contributed by atoms with Gasteiger partial charge in [-0.25, -0.2) is 0 Å². The van der Waals surface area contributed by atoms with Crippen LogP contribution in [0.4, 0.5) is 23.9 Å². The SMILES string of the molecule is CC(=O)NC1CCC(CN2CCN(c3cc(=O)c4cc(C(F)(F)F)cc([N+](=O)[O-])c4s3)CC2)CC1. The normalized spacial score (nSPS) is 21.8. The second-order valence-electron chi connectivity index (χ2n) is 9.28. The summed E-state index contributed by atoms with van der Waals surface area (Å²) < 4.78 is 39.5. The summed E-state index contributed by atoms with van der Waals surface area (Å²) in [6, 6.07) is 2.74. The lowest BCUT2D eigenvalue weighted by Crippen LogP contribution is -2.48. The molecule has 2 aliphatic rings. The maximum atomic E-state index is 13.2. The molecule has 1 saturated carbocycles. The van der Waals surface area contributed by atoms with Crippen LogP contribution in [0.2, 0.25) is 0 Å². The molecule has 2 fully saturated rings. The number of carbonyl (C=O) groups excluding carboxylic acids is 1. The molecule has 190 valence electrons. The molecule has 1 aromatic carbocycles. The first-order valence-corrected chi connectivity index (χ1v) is 12.4. The molecule has 0 atom stereocenters. The number of nitrogens with one attached hydrogen (secondary N) is 1. The monoisotopic (exact) mass is 512 g/mol. The summed E-state index contributed by atoms with van der Waals surface area (Å²) >= 11 is 0.988. The van der Waals surface area contributed by atoms with Crippen molar-refractivity contribution in [3.63, 3.8) is 0 Å². The van der Waals surface area contributed by atoms with Crippen LogP contribution in [0.1, 0.15) is 38.2 Å². The van der Waals surface area contributed by atoms with E-state index in [9.17, 15) is 32.9 Å². The number of rotatable bonds is 5. The van der Waals surface area contributed by atoms with Crippen LogP contribution in [-0.4, -0.2) is 54.5 Å². The fraction of sp³-hybridized carbons (Fsp3) is 0.565. The van der Waals surface area contributed by atoms with Gasteiger partial charge in [0.2, 0.25) is 5.91 Å². The van der Waals surface area contributed by atoms with Gasteiger partial charge in [-0.3, -0.25) is 24.6 Å². The van der Waals surface area contributed by atoms with Crippen molar-refractivity contribution in [3.05, 3.63) is 44.1 Å². The molecule has 1 aliphatic heterocycles. The topological polar surface area (TPSA) is 95.8 Å². The molecule has 1 amide bonds. The first kappa shape index (κ1) is 25.4. The van der Waals surface area contributed by atoms with E-state index in [4.69, 9.17) is 0 Å². The molecule has 1 N–H and O–H groups in total. The standard InChI is InChI=1S/C23H27F3N4O4S/c1-14(31)27-17-4-2-15(3-5-17)13-28-6-8-29(9-7-28)21-12-20(32)18-10-16(23(24,25)26)11-19(30(33)34)22(18)35-21/h10-12,15,17H,2-9,13H2,1H3,(H,27,31). The predicted molar refractivity (Wildman–Crippen MR) is 128 cm³/mol. The number of hydrogen-bond donors (Lipinski definition) is 1. The van der Waals surface area contributed by atoms with Gasteiger partial charge in [0, 0.05) is 63.2 Å². The molecule has 0 radical (unpaired) electrons. The van der Waals surface area contributed by atoms with Gasteiger partial charge in [0.05, 0.1) is 15.5 Å². The Hall–Kier alpha value is -2.73. The van der Waals surface area contributed by atoms with Gasteiger partial charge in [-0.15, -0.1) is 11.3 Å². The van der Waals surface area contributed by atoms with E-state index in [0.29, 0.717) is 36.1 Å². The van der Waals surface area contributed by atoms with E-state index >= 15 is 0 Å². The summed E-state index contributed by atoms with van der Waals surface area (Å²) in [5.41, 5.74) is -2.55. The maximum absolute atomic E-state index is 13.2. The molecule has 2 heterocycles. The number of fused-ring (bicyclic) bond motifs is 1. The number of nitro groups is 1. The summed E-state index contributed by atoms with van der Waals surface area (Å²) in [6.45, 7) is 5.27. The van der Waals surface area contributed by atoms with Crippen molar-refractivity contribution in [2.45, 2.75) is 44.8 Å². The van der Waals surface area contributed by atoms with Crippen LogP contribution in [0.5, 0.6) is 0 Å². The van der Waals surface area contributed by atoms with Gasteiger partial charge < -0.3 is 10.2 Å². The third-order valence-electron chi connectivity index (χ3n) is 6.77. The van der Waals surface area contributed by atoms with Crippen LogP contribution >= 0.6 is 11.3 Å². The van der Waals surface area contributed by atoms with E-state index < -0.39 is 27.8 Å². The molecule has 0 spiro atoms. The Balaban J connectivity index is 1.44. The smallest absolute Gasteiger partial charge is 0.361 e. The number of anilines is 1. The average molecular weight is 513 g/mol. The molecule has 8 nitrogen and oxygen atoms in total. The number of carbonyl (C=O) groups is 1. The Bertz CT molecular complexity index is 1170. The summed E-state index contributed by atoms with van der Waals surface area (Å²) in [7, 11) is 0. The van der Waals surface area contributed by atoms with Gasteiger partial charge in [-0.05, 0) is 37.7 Å². The first-order valence-electron chi connectivity index (χ1n) is 11.6. The highest BCUT2D eigenvalue weighted by molar-refractivity contribution is 7.22. The number of halogens is 3. The Kier molecular flexibility index (Phi) is 7.32. The molecule has 1 aliphatic carbocycles. The highest BCUT2D eigenvalue weighted by atomic mass is 32.1. The lowest BCUT2D eigenvalue weighted by atomic mass is 9.85. The number of alkyl halides is 3. The summed E-state index contributed by atoms with van der Waals surface area (Å²) in [5, 5.41) is 14.7. The number of amides is 1. The van der Waals surface area contributed by atoms with Gasteiger partial charge in [-0.2, -0.15) is 13.2 Å². The minimum Gasteiger partial charge on any atom is -0.361 e. The zero-order valence-corrected chi connectivity index (χ0v) is 20.1. The van der Waals surface area contributed by atoms with Crippen LogP contribution in [0.25, 0.3) is 10.1 Å². The molecular formula is C23H27F3N4O4S. The van der Waals surface area contributed by atoms with Crippen LogP contribution in [-0.2, 0) is 11.0 Å². The Morgan fingerprint density at radius 3 is 2.37 bits per heavy atom. The van der Waals surface area contributed by atoms with E-state index in [2.05, 4.69) is 10.2 Å². The van der Waals surface area contributed by atoms with Gasteiger partial charge in [0.25, 0.3) is 5.69 Å². The number of benzene rings is 1. The van der Waals surface area contributed by atoms with E-state index in [-0.39, 0.29) is 22.0 Å². The van der Waals surface area contributed by atoms with Crippen molar-refractivity contribution < 1.29 is 22.9 Å². The van der Waals surface area contributed by atoms with Gasteiger partial charge in [0.1, 0.15) is 4.70 Å². The van der Waals surface area contributed by atoms with Gasteiger partial charge in [0.15, 0.2) is 5.43 Å². The summed E-state index contributed by atoms with van der Waals surface area (Å²) in [6.07, 6.45) is -0.718. The van der Waals surface area contributed by atoms with Gasteiger partial charge in [-0.1, -0.05) is 0 Å². The van der Waals surface area contributed by atoms with E-state index in [0.717, 1.165) is 56.7 Å². The largest absolute Gasteiger partial charge is 0.416 e. The van der Waals surface area contributed by atoms with Crippen LogP contribution in [0.15, 0.2) is 23.0 Å². The molecule has 0 bridgehead atoms. The highest BCUT2D eigenvalue weighted by Crippen LogP contribution is 2.39. The third-order valence-corrected chi connectivity index (χ3v) is 7.99. The Morgan fingerprint density at radius 1 is 1.14 bits per heavy atom. The predicted octanol–water partition coefficient (Wildman–Crippen LogP) is 4.01. The molecule has 1 aromatic heterocycles. The molecule has 4 rings (SSSR count). The van der Waals surface area contributed by atoms with Crippen molar-refractivity contribution in [2.75, 3.05) is 37.6 Å². The maximum Gasteiger partial charge on any atom is 0.416 e. The van der Waals surface area contributed by atoms with Crippen molar-refractivity contribution in [1.82, 2.24) is 10.2 Å². The highest BCUT2D eigenvalue weighted by Gasteiger charge is 2.34. The fourth-order valence-electron chi connectivity index (χ4n) is 4.98. The number of piperazine rings is 1.